The Labute approximate surface area is 162 Å². The van der Waals surface area contributed by atoms with Crippen molar-refractivity contribution in [3.05, 3.63) is 52.1 Å². The van der Waals surface area contributed by atoms with Gasteiger partial charge in [0.25, 0.3) is 11.6 Å². The van der Waals surface area contributed by atoms with Crippen LogP contribution < -0.4 is 19.7 Å². The molecule has 0 unspecified atom stereocenters. The van der Waals surface area contributed by atoms with E-state index in [0.29, 0.717) is 49.2 Å². The quantitative estimate of drug-likeness (QED) is 0.600. The lowest BCUT2D eigenvalue weighted by Gasteiger charge is -2.28. The maximum atomic E-state index is 12.6. The monoisotopic (exact) mass is 387 g/mol. The zero-order valence-corrected chi connectivity index (χ0v) is 15.6. The molecule has 0 aliphatic carbocycles. The van der Waals surface area contributed by atoms with E-state index >= 15 is 0 Å². The lowest BCUT2D eigenvalue weighted by atomic mass is 10.1. The van der Waals surface area contributed by atoms with Crippen molar-refractivity contribution in [2.24, 2.45) is 0 Å². The fourth-order valence-corrected chi connectivity index (χ4v) is 3.00. The number of amides is 1. The number of methoxy groups -OCH3 is 2. The fraction of sp³-hybridized carbons (Fsp3) is 0.316. The molecular formula is C19H21N3O6. The van der Waals surface area contributed by atoms with Gasteiger partial charge in [-0.05, 0) is 24.3 Å². The van der Waals surface area contributed by atoms with E-state index in [-0.39, 0.29) is 11.3 Å². The van der Waals surface area contributed by atoms with Crippen LogP contribution in [0, 0.1) is 10.1 Å². The first-order valence-electron chi connectivity index (χ1n) is 8.68. The summed E-state index contributed by atoms with van der Waals surface area (Å²) in [6, 6.07) is 9.42. The Bertz CT molecular complexity index is 880. The Balaban J connectivity index is 1.83. The molecule has 9 heteroatoms. The van der Waals surface area contributed by atoms with Crippen LogP contribution in [0.25, 0.3) is 0 Å². The average Bonchev–Trinajstić information content (AvgIpc) is 2.73. The van der Waals surface area contributed by atoms with Gasteiger partial charge in [0.2, 0.25) is 0 Å². The van der Waals surface area contributed by atoms with E-state index in [0.717, 1.165) is 0 Å². The third kappa shape index (κ3) is 4.15. The van der Waals surface area contributed by atoms with Crippen LogP contribution >= 0.6 is 0 Å². The number of benzene rings is 2. The summed E-state index contributed by atoms with van der Waals surface area (Å²) in [5.41, 5.74) is 1.05. The number of anilines is 2. The number of hydrogen-bond acceptors (Lipinski definition) is 7. The van der Waals surface area contributed by atoms with Crippen LogP contribution in [-0.2, 0) is 4.74 Å². The van der Waals surface area contributed by atoms with Gasteiger partial charge in [0.1, 0.15) is 5.69 Å². The molecule has 0 radical (unpaired) electrons. The summed E-state index contributed by atoms with van der Waals surface area (Å²) < 4.78 is 15.7. The lowest BCUT2D eigenvalue weighted by Crippen LogP contribution is -2.36. The van der Waals surface area contributed by atoms with Crippen molar-refractivity contribution in [2.75, 3.05) is 50.7 Å². The van der Waals surface area contributed by atoms with Crippen molar-refractivity contribution in [3.8, 4) is 11.5 Å². The second-order valence-corrected chi connectivity index (χ2v) is 6.08. The highest BCUT2D eigenvalue weighted by molar-refractivity contribution is 6.05. The molecular weight excluding hydrogens is 366 g/mol. The van der Waals surface area contributed by atoms with Crippen LogP contribution in [-0.4, -0.2) is 51.4 Å². The minimum atomic E-state index is -0.474. The largest absolute Gasteiger partial charge is 0.493 e. The van der Waals surface area contributed by atoms with Gasteiger partial charge in [-0.1, -0.05) is 0 Å². The summed E-state index contributed by atoms with van der Waals surface area (Å²) in [6.45, 7) is 2.16. The zero-order valence-electron chi connectivity index (χ0n) is 15.6. The van der Waals surface area contributed by atoms with Gasteiger partial charge in [0.15, 0.2) is 11.5 Å². The SMILES string of the molecule is COc1ccc(NC(=O)c2ccc(N3CCOCC3)c([N+](=O)[O-])c2)cc1OC. The number of nitrogens with zero attached hydrogens (tertiary/aromatic N) is 2. The summed E-state index contributed by atoms with van der Waals surface area (Å²) in [7, 11) is 3.02. The molecule has 0 bridgehead atoms. The molecule has 28 heavy (non-hydrogen) atoms. The van der Waals surface area contributed by atoms with E-state index in [1.807, 2.05) is 4.90 Å². The first kappa shape index (κ1) is 19.4. The topological polar surface area (TPSA) is 103 Å². The summed E-state index contributed by atoms with van der Waals surface area (Å²) in [5, 5.41) is 14.3. The number of nitro benzene ring substituents is 1. The average molecular weight is 387 g/mol. The molecule has 1 aliphatic rings. The Hall–Kier alpha value is -3.33. The van der Waals surface area contributed by atoms with Crippen LogP contribution in [0.4, 0.5) is 17.1 Å². The third-order valence-electron chi connectivity index (χ3n) is 4.43. The minimum absolute atomic E-state index is 0.109. The highest BCUT2D eigenvalue weighted by Crippen LogP contribution is 2.32. The number of nitro groups is 1. The molecule has 1 aliphatic heterocycles. The maximum absolute atomic E-state index is 12.6. The zero-order chi connectivity index (χ0) is 20.1. The van der Waals surface area contributed by atoms with Crippen molar-refractivity contribution < 1.29 is 23.9 Å². The van der Waals surface area contributed by atoms with E-state index in [1.165, 1.54) is 20.3 Å². The number of carbonyl (C=O) groups is 1. The summed E-state index contributed by atoms with van der Waals surface area (Å²) >= 11 is 0. The molecule has 2 aromatic rings. The van der Waals surface area contributed by atoms with Gasteiger partial charge in [-0.15, -0.1) is 0 Å². The van der Waals surface area contributed by atoms with E-state index in [9.17, 15) is 14.9 Å². The Morgan fingerprint density at radius 3 is 2.46 bits per heavy atom. The predicted octanol–water partition coefficient (Wildman–Crippen LogP) is 2.70. The molecule has 1 heterocycles. The van der Waals surface area contributed by atoms with Crippen molar-refractivity contribution >= 4 is 23.0 Å². The van der Waals surface area contributed by atoms with Gasteiger partial charge in [0, 0.05) is 36.5 Å². The second kappa shape index (κ2) is 8.57. The van der Waals surface area contributed by atoms with Gasteiger partial charge in [-0.3, -0.25) is 14.9 Å². The summed E-state index contributed by atoms with van der Waals surface area (Å²) in [6.07, 6.45) is 0. The van der Waals surface area contributed by atoms with Crippen molar-refractivity contribution in [1.82, 2.24) is 0 Å². The fourth-order valence-electron chi connectivity index (χ4n) is 3.00. The number of ether oxygens (including phenoxy) is 3. The first-order chi connectivity index (χ1) is 13.5. The Morgan fingerprint density at radius 2 is 1.82 bits per heavy atom. The van der Waals surface area contributed by atoms with E-state index < -0.39 is 10.8 Å². The molecule has 1 saturated heterocycles. The van der Waals surface area contributed by atoms with E-state index in [1.54, 1.807) is 30.3 Å². The highest BCUT2D eigenvalue weighted by Gasteiger charge is 2.23. The third-order valence-corrected chi connectivity index (χ3v) is 4.43. The first-order valence-corrected chi connectivity index (χ1v) is 8.68. The molecule has 1 N–H and O–H groups in total. The molecule has 9 nitrogen and oxygen atoms in total. The number of nitrogens with one attached hydrogen (secondary N) is 1. The number of hydrogen-bond donors (Lipinski definition) is 1. The molecule has 1 fully saturated rings. The maximum Gasteiger partial charge on any atom is 0.293 e. The normalized spacial score (nSPS) is 13.7. The molecule has 2 aromatic carbocycles. The number of morpholine rings is 1. The minimum Gasteiger partial charge on any atom is -0.493 e. The van der Waals surface area contributed by atoms with Gasteiger partial charge in [-0.25, -0.2) is 0 Å². The number of rotatable bonds is 6. The standard InChI is InChI=1S/C19H21N3O6/c1-26-17-6-4-14(12-18(17)27-2)20-19(23)13-3-5-15(16(11-13)22(24)25)21-7-9-28-10-8-21/h3-6,11-12H,7-10H2,1-2H3,(H,20,23). The molecule has 0 spiro atoms. The number of carbonyl (C=O) groups excluding carboxylic acids is 1. The van der Waals surface area contributed by atoms with Crippen LogP contribution in [0.5, 0.6) is 11.5 Å². The smallest absolute Gasteiger partial charge is 0.293 e. The highest BCUT2D eigenvalue weighted by atomic mass is 16.6. The van der Waals surface area contributed by atoms with Gasteiger partial charge < -0.3 is 24.4 Å². The second-order valence-electron chi connectivity index (χ2n) is 6.08. The predicted molar refractivity (Wildman–Crippen MR) is 104 cm³/mol. The Kier molecular flexibility index (Phi) is 5.95. The molecule has 148 valence electrons. The van der Waals surface area contributed by atoms with E-state index in [4.69, 9.17) is 14.2 Å². The van der Waals surface area contributed by atoms with Gasteiger partial charge in [-0.2, -0.15) is 0 Å². The van der Waals surface area contributed by atoms with Crippen molar-refractivity contribution in [3.63, 3.8) is 0 Å². The van der Waals surface area contributed by atoms with E-state index in [2.05, 4.69) is 5.32 Å². The molecule has 3 rings (SSSR count). The summed E-state index contributed by atoms with van der Waals surface area (Å²) in [4.78, 5) is 25.5. The molecule has 0 saturated carbocycles. The van der Waals surface area contributed by atoms with Crippen molar-refractivity contribution in [1.29, 1.82) is 0 Å². The van der Waals surface area contributed by atoms with Crippen molar-refractivity contribution in [2.45, 2.75) is 0 Å². The van der Waals surface area contributed by atoms with Gasteiger partial charge in [0.05, 0.1) is 32.4 Å². The molecule has 0 atom stereocenters. The molecule has 1 amide bonds. The van der Waals surface area contributed by atoms with Crippen LogP contribution in [0.1, 0.15) is 10.4 Å². The van der Waals surface area contributed by atoms with Crippen LogP contribution in [0.2, 0.25) is 0 Å². The van der Waals surface area contributed by atoms with Gasteiger partial charge >= 0.3 is 0 Å². The molecule has 0 aromatic heterocycles. The Morgan fingerprint density at radius 1 is 1.11 bits per heavy atom. The van der Waals surface area contributed by atoms with Crippen LogP contribution in [0.3, 0.4) is 0 Å². The lowest BCUT2D eigenvalue weighted by molar-refractivity contribution is -0.384. The summed E-state index contributed by atoms with van der Waals surface area (Å²) in [5.74, 6) is 0.545. The van der Waals surface area contributed by atoms with Crippen LogP contribution in [0.15, 0.2) is 36.4 Å².